The van der Waals surface area contributed by atoms with Gasteiger partial charge in [0.05, 0.1) is 0 Å². The first-order valence-corrected chi connectivity index (χ1v) is 5.52. The van der Waals surface area contributed by atoms with Gasteiger partial charge in [-0.15, -0.1) is 0 Å². The minimum atomic E-state index is -0.454. The van der Waals surface area contributed by atoms with Crippen LogP contribution < -0.4 is 22.3 Å². The molecule has 1 saturated carbocycles. The first-order valence-electron chi connectivity index (χ1n) is 5.52. The Morgan fingerprint density at radius 1 is 1.50 bits per heavy atom. The minimum Gasteiger partial charge on any atom is -0.383 e. The summed E-state index contributed by atoms with van der Waals surface area (Å²) >= 11 is 0. The zero-order valence-electron chi connectivity index (χ0n) is 9.25. The van der Waals surface area contributed by atoms with E-state index >= 15 is 0 Å². The maximum absolute atomic E-state index is 11.6. The van der Waals surface area contributed by atoms with E-state index in [2.05, 4.69) is 10.3 Å². The molecule has 1 aromatic rings. The van der Waals surface area contributed by atoms with Crippen LogP contribution >= 0.6 is 0 Å². The summed E-state index contributed by atoms with van der Waals surface area (Å²) in [5, 5.41) is 3.09. The zero-order chi connectivity index (χ0) is 11.7. The topological polar surface area (TPSA) is 92.9 Å². The van der Waals surface area contributed by atoms with E-state index in [1.807, 2.05) is 6.92 Å². The molecule has 1 aromatic heterocycles. The summed E-state index contributed by atoms with van der Waals surface area (Å²) in [6, 6.07) is 0.311. The number of nitrogen functional groups attached to an aromatic ring is 1. The van der Waals surface area contributed by atoms with Gasteiger partial charge in [0.25, 0.3) is 5.56 Å². The number of nitrogens with two attached hydrogens (primary N) is 1. The van der Waals surface area contributed by atoms with E-state index in [0.717, 1.165) is 12.8 Å². The Hall–Kier alpha value is -1.72. The SMILES string of the molecule is CCn1c(N)c(NC2CCC2)c(=O)[nH]c1=O. The Morgan fingerprint density at radius 2 is 2.19 bits per heavy atom. The largest absolute Gasteiger partial charge is 0.383 e. The Morgan fingerprint density at radius 3 is 2.69 bits per heavy atom. The van der Waals surface area contributed by atoms with Crippen LogP contribution in [0.15, 0.2) is 9.59 Å². The summed E-state index contributed by atoms with van der Waals surface area (Å²) < 4.78 is 1.35. The third kappa shape index (κ3) is 1.70. The molecule has 0 spiro atoms. The van der Waals surface area contributed by atoms with Gasteiger partial charge in [-0.3, -0.25) is 14.3 Å². The molecule has 1 heterocycles. The van der Waals surface area contributed by atoms with Gasteiger partial charge in [-0.05, 0) is 26.2 Å². The quantitative estimate of drug-likeness (QED) is 0.679. The molecule has 1 aliphatic rings. The molecule has 0 atom stereocenters. The highest BCUT2D eigenvalue weighted by atomic mass is 16.2. The molecule has 0 aromatic carbocycles. The highest BCUT2D eigenvalue weighted by Gasteiger charge is 2.20. The number of H-pyrrole nitrogens is 1. The fourth-order valence-electron chi connectivity index (χ4n) is 1.80. The Bertz CT molecular complexity index is 499. The van der Waals surface area contributed by atoms with Gasteiger partial charge in [-0.2, -0.15) is 0 Å². The Kier molecular flexibility index (Phi) is 2.72. The van der Waals surface area contributed by atoms with Gasteiger partial charge in [0.1, 0.15) is 11.5 Å². The van der Waals surface area contributed by atoms with E-state index in [0.29, 0.717) is 18.3 Å². The number of aromatic amines is 1. The molecular weight excluding hydrogens is 208 g/mol. The van der Waals surface area contributed by atoms with E-state index in [4.69, 9.17) is 5.73 Å². The average molecular weight is 224 g/mol. The first kappa shape index (κ1) is 10.8. The number of hydrogen-bond donors (Lipinski definition) is 3. The van der Waals surface area contributed by atoms with Crippen LogP contribution in [0.5, 0.6) is 0 Å². The Balaban J connectivity index is 2.42. The second-order valence-corrected chi connectivity index (χ2v) is 4.04. The number of hydrogen-bond acceptors (Lipinski definition) is 4. The van der Waals surface area contributed by atoms with Gasteiger partial charge in [0.15, 0.2) is 0 Å². The maximum Gasteiger partial charge on any atom is 0.330 e. The van der Waals surface area contributed by atoms with Gasteiger partial charge in [-0.1, -0.05) is 0 Å². The molecule has 6 nitrogen and oxygen atoms in total. The minimum absolute atomic E-state index is 0.225. The molecule has 2 rings (SSSR count). The van der Waals surface area contributed by atoms with Gasteiger partial charge >= 0.3 is 5.69 Å². The molecule has 1 aliphatic carbocycles. The average Bonchev–Trinajstić information content (AvgIpc) is 2.14. The number of anilines is 2. The van der Waals surface area contributed by atoms with Crippen molar-refractivity contribution in [1.82, 2.24) is 9.55 Å². The van der Waals surface area contributed by atoms with E-state index in [-0.39, 0.29) is 5.82 Å². The lowest BCUT2D eigenvalue weighted by molar-refractivity contribution is 0.445. The normalized spacial score (nSPS) is 15.8. The lowest BCUT2D eigenvalue weighted by atomic mass is 9.93. The molecule has 16 heavy (non-hydrogen) atoms. The van der Waals surface area contributed by atoms with Crippen molar-refractivity contribution in [3.05, 3.63) is 20.8 Å². The number of nitrogens with zero attached hydrogens (tertiary/aromatic N) is 1. The Labute approximate surface area is 92.5 Å². The van der Waals surface area contributed by atoms with Crippen molar-refractivity contribution in [1.29, 1.82) is 0 Å². The molecule has 0 amide bonds. The van der Waals surface area contributed by atoms with Crippen LogP contribution in [0.1, 0.15) is 26.2 Å². The molecule has 6 heteroatoms. The van der Waals surface area contributed by atoms with Crippen molar-refractivity contribution in [2.45, 2.75) is 38.8 Å². The van der Waals surface area contributed by atoms with Crippen LogP contribution in [0.3, 0.4) is 0 Å². The van der Waals surface area contributed by atoms with Crippen LogP contribution in [0.25, 0.3) is 0 Å². The highest BCUT2D eigenvalue weighted by molar-refractivity contribution is 5.61. The summed E-state index contributed by atoms with van der Waals surface area (Å²) in [5.41, 5.74) is 5.24. The van der Waals surface area contributed by atoms with Crippen LogP contribution in [0, 0.1) is 0 Å². The smallest absolute Gasteiger partial charge is 0.330 e. The van der Waals surface area contributed by atoms with Crippen molar-refractivity contribution < 1.29 is 0 Å². The van der Waals surface area contributed by atoms with Gasteiger partial charge < -0.3 is 11.1 Å². The van der Waals surface area contributed by atoms with Gasteiger partial charge in [-0.25, -0.2) is 4.79 Å². The number of rotatable bonds is 3. The first-order chi connectivity index (χ1) is 7.63. The van der Waals surface area contributed by atoms with Crippen LogP contribution in [-0.2, 0) is 6.54 Å². The summed E-state index contributed by atoms with van der Waals surface area (Å²) in [7, 11) is 0. The molecule has 0 bridgehead atoms. The summed E-state index contributed by atoms with van der Waals surface area (Å²) in [6.45, 7) is 2.25. The third-order valence-corrected chi connectivity index (χ3v) is 3.01. The zero-order valence-corrected chi connectivity index (χ0v) is 9.25. The maximum atomic E-state index is 11.6. The summed E-state index contributed by atoms with van der Waals surface area (Å²) in [5.74, 6) is 0.225. The lowest BCUT2D eigenvalue weighted by Gasteiger charge is -2.27. The highest BCUT2D eigenvalue weighted by Crippen LogP contribution is 2.23. The van der Waals surface area contributed by atoms with Crippen LogP contribution in [0.4, 0.5) is 11.5 Å². The predicted molar refractivity (Wildman–Crippen MR) is 62.7 cm³/mol. The number of nitrogens with one attached hydrogen (secondary N) is 2. The molecule has 88 valence electrons. The summed E-state index contributed by atoms with van der Waals surface area (Å²) in [6.07, 6.45) is 3.26. The summed E-state index contributed by atoms with van der Waals surface area (Å²) in [4.78, 5) is 25.3. The molecule has 1 fully saturated rings. The van der Waals surface area contributed by atoms with E-state index < -0.39 is 11.2 Å². The van der Waals surface area contributed by atoms with E-state index in [1.54, 1.807) is 0 Å². The van der Waals surface area contributed by atoms with Crippen molar-refractivity contribution in [2.24, 2.45) is 0 Å². The monoisotopic (exact) mass is 224 g/mol. The van der Waals surface area contributed by atoms with Crippen LogP contribution in [0.2, 0.25) is 0 Å². The molecule has 0 unspecified atom stereocenters. The lowest BCUT2D eigenvalue weighted by Crippen LogP contribution is -2.37. The van der Waals surface area contributed by atoms with E-state index in [9.17, 15) is 9.59 Å². The molecule has 0 saturated heterocycles. The van der Waals surface area contributed by atoms with E-state index in [1.165, 1.54) is 11.0 Å². The van der Waals surface area contributed by atoms with Gasteiger partial charge in [0, 0.05) is 12.6 Å². The van der Waals surface area contributed by atoms with Crippen LogP contribution in [-0.4, -0.2) is 15.6 Å². The molecule has 4 N–H and O–H groups in total. The molecule has 0 radical (unpaired) electrons. The van der Waals surface area contributed by atoms with Crippen molar-refractivity contribution >= 4 is 11.5 Å². The van der Waals surface area contributed by atoms with Crippen molar-refractivity contribution in [3.8, 4) is 0 Å². The third-order valence-electron chi connectivity index (χ3n) is 3.01. The standard InChI is InChI=1S/C10H16N4O2/c1-2-14-8(11)7(9(15)13-10(14)16)12-6-4-3-5-6/h6,12H,2-5,11H2,1H3,(H,13,15,16). The fourth-order valence-corrected chi connectivity index (χ4v) is 1.80. The van der Waals surface area contributed by atoms with Crippen molar-refractivity contribution in [2.75, 3.05) is 11.1 Å². The van der Waals surface area contributed by atoms with Gasteiger partial charge in [0.2, 0.25) is 0 Å². The predicted octanol–water partition coefficient (Wildman–Crippen LogP) is 0.103. The second kappa shape index (κ2) is 4.03. The fraction of sp³-hybridized carbons (Fsp3) is 0.600. The number of aromatic nitrogens is 2. The molecular formula is C10H16N4O2. The van der Waals surface area contributed by atoms with Crippen molar-refractivity contribution in [3.63, 3.8) is 0 Å². The second-order valence-electron chi connectivity index (χ2n) is 4.04. The molecule has 0 aliphatic heterocycles.